The summed E-state index contributed by atoms with van der Waals surface area (Å²) < 4.78 is 59.1. The Morgan fingerprint density at radius 3 is 1.09 bits per heavy atom. The number of epoxide rings is 3. The van der Waals surface area contributed by atoms with Gasteiger partial charge in [-0.1, -0.05) is 7.43 Å². The molecule has 0 saturated carbocycles. The molecule has 0 N–H and O–H groups in total. The molecular weight excluding hydrogens is 751 g/mol. The van der Waals surface area contributed by atoms with Crippen LogP contribution in [0.5, 0.6) is 0 Å². The summed E-state index contributed by atoms with van der Waals surface area (Å²) in [6, 6.07) is 4.60. The van der Waals surface area contributed by atoms with E-state index in [4.69, 9.17) is 55.0 Å². The van der Waals surface area contributed by atoms with Gasteiger partial charge in [0.25, 0.3) is 10.1 Å². The number of fused-ring (bicyclic) bond motifs is 15. The second-order valence-corrected chi connectivity index (χ2v) is 16.0. The molecule has 55 heavy (non-hydrogen) atoms. The summed E-state index contributed by atoms with van der Waals surface area (Å²) in [5, 5.41) is 24.2. The van der Waals surface area contributed by atoms with Crippen LogP contribution in [-0.2, 0) is 42.7 Å². The first kappa shape index (κ1) is 44.8. The smallest absolute Gasteiger partial charge is 0.512 e. The summed E-state index contributed by atoms with van der Waals surface area (Å²) in [7, 11) is -3.47. The van der Waals surface area contributed by atoms with Crippen molar-refractivity contribution in [3.8, 4) is 12.1 Å². The Labute approximate surface area is 344 Å². The minimum absolute atomic E-state index is 0. The van der Waals surface area contributed by atoms with E-state index in [1.807, 2.05) is 0 Å². The molecule has 0 spiro atoms. The third kappa shape index (κ3) is 8.97. The van der Waals surface area contributed by atoms with E-state index in [-0.39, 0.29) is 146 Å². The van der Waals surface area contributed by atoms with Crippen molar-refractivity contribution in [2.75, 3.05) is 26.1 Å². The molecule has 9 heterocycles. The number of morpholine rings is 3. The SMILES string of the molecule is C.CCOC(=O)N1C2CC(C#N)CC1[C@@H]1O[C@H]21.CCOC(=O)N1C2CC(C#N)CC1[C@@H]1O[C@H]21.CCOC(=O)N1C2CC(OS(C)(=O)=O)CC1[C@@H]1O[C@H]21.[C-]#N.[Na+]. The Hall–Kier alpha value is -2.93. The quantitative estimate of drug-likeness (QED) is 0.113. The summed E-state index contributed by atoms with van der Waals surface area (Å²) in [4.78, 5) is 40.8. The van der Waals surface area contributed by atoms with E-state index < -0.39 is 10.1 Å². The van der Waals surface area contributed by atoms with Crippen molar-refractivity contribution in [1.82, 2.24) is 14.7 Å². The molecule has 9 unspecified atom stereocenters. The summed E-state index contributed by atoms with van der Waals surface area (Å²) >= 11 is 0. The first-order valence-corrected chi connectivity index (χ1v) is 20.0. The van der Waals surface area contributed by atoms with Crippen molar-refractivity contribution in [2.45, 2.75) is 146 Å². The number of piperidine rings is 3. The van der Waals surface area contributed by atoms with Gasteiger partial charge in [0.15, 0.2) is 0 Å². The second-order valence-electron chi connectivity index (χ2n) is 14.4. The summed E-state index contributed by atoms with van der Waals surface area (Å²) in [5.74, 6) is 0.133. The van der Waals surface area contributed by atoms with Crippen molar-refractivity contribution >= 4 is 28.4 Å². The maximum Gasteiger partial charge on any atom is 1.00 e. The van der Waals surface area contributed by atoms with Crippen LogP contribution in [0.1, 0.15) is 66.7 Å². The van der Waals surface area contributed by atoms with Gasteiger partial charge < -0.3 is 40.3 Å². The van der Waals surface area contributed by atoms with Gasteiger partial charge in [-0.15, -0.1) is 0 Å². The Morgan fingerprint density at radius 2 is 0.873 bits per heavy atom. The number of hydrogen-bond acceptors (Lipinski definition) is 15. The predicted molar refractivity (Wildman–Crippen MR) is 183 cm³/mol. The number of hydrogen-bond donors (Lipinski definition) is 0. The number of rotatable bonds is 5. The number of ether oxygens (including phenoxy) is 6. The molecular formula is C35H49N6NaO12S. The van der Waals surface area contributed by atoms with Crippen molar-refractivity contribution < 1.29 is 85.0 Å². The van der Waals surface area contributed by atoms with Crippen molar-refractivity contribution in [3.63, 3.8) is 0 Å². The van der Waals surface area contributed by atoms with Crippen molar-refractivity contribution in [1.29, 1.82) is 15.8 Å². The topological polar surface area (TPSA) is 241 Å². The molecule has 9 aliphatic rings. The second kappa shape index (κ2) is 18.1. The molecule has 20 heteroatoms. The molecule has 9 aliphatic heterocycles. The number of amides is 3. The van der Waals surface area contributed by atoms with E-state index >= 15 is 0 Å². The first-order chi connectivity index (χ1) is 25.4. The van der Waals surface area contributed by atoms with Crippen LogP contribution >= 0.6 is 0 Å². The monoisotopic (exact) mass is 800 g/mol. The number of carbonyl (C=O) groups is 3. The fourth-order valence-electron chi connectivity index (χ4n) is 9.38. The van der Waals surface area contributed by atoms with Gasteiger partial charge in [0.1, 0.15) is 36.6 Å². The van der Waals surface area contributed by atoms with Crippen LogP contribution in [0.15, 0.2) is 0 Å². The molecule has 3 amide bonds. The Balaban J connectivity index is 0.000000177. The molecule has 9 rings (SSSR count). The average Bonchev–Trinajstić information content (AvgIpc) is 4.03. The van der Waals surface area contributed by atoms with E-state index in [2.05, 4.69) is 12.1 Å². The van der Waals surface area contributed by atoms with Gasteiger partial charge in [-0.3, -0.25) is 18.9 Å². The van der Waals surface area contributed by atoms with Gasteiger partial charge >= 0.3 is 47.8 Å². The van der Waals surface area contributed by atoms with E-state index in [1.165, 1.54) is 0 Å². The molecule has 0 aromatic rings. The fourth-order valence-corrected chi connectivity index (χ4v) is 10.0. The summed E-state index contributed by atoms with van der Waals surface area (Å²) in [6.07, 6.45) is 4.38. The van der Waals surface area contributed by atoms with Crippen LogP contribution in [0.25, 0.3) is 0 Å². The van der Waals surface area contributed by atoms with E-state index in [9.17, 15) is 22.8 Å². The zero-order chi connectivity index (χ0) is 38.4. The minimum Gasteiger partial charge on any atom is -0.512 e. The van der Waals surface area contributed by atoms with Gasteiger partial charge in [-0.25, -0.2) is 14.4 Å². The summed E-state index contributed by atoms with van der Waals surface area (Å²) in [6.45, 7) is 11.2. The maximum atomic E-state index is 11.9. The van der Waals surface area contributed by atoms with Crippen LogP contribution in [-0.4, -0.2) is 146 Å². The van der Waals surface area contributed by atoms with Gasteiger partial charge in [0, 0.05) is 0 Å². The number of nitriles is 2. The first-order valence-electron chi connectivity index (χ1n) is 18.1. The number of nitrogens with zero attached hydrogens (tertiary/aromatic N) is 6. The van der Waals surface area contributed by atoms with Crippen LogP contribution in [0, 0.1) is 46.3 Å². The molecule has 18 nitrogen and oxygen atoms in total. The largest absolute Gasteiger partial charge is 1.00 e. The molecule has 6 bridgehead atoms. The molecule has 15 atom stereocenters. The maximum absolute atomic E-state index is 11.9. The molecule has 0 aromatic heterocycles. The van der Waals surface area contributed by atoms with Crippen molar-refractivity contribution in [3.05, 3.63) is 6.57 Å². The van der Waals surface area contributed by atoms with Gasteiger partial charge in [0.05, 0.1) is 92.4 Å². The van der Waals surface area contributed by atoms with Crippen LogP contribution in [0.4, 0.5) is 14.4 Å². The normalized spacial score (nSPS) is 39.1. The zero-order valence-electron chi connectivity index (χ0n) is 31.0. The third-order valence-corrected chi connectivity index (χ3v) is 12.0. The van der Waals surface area contributed by atoms with Crippen molar-refractivity contribution in [2.24, 2.45) is 11.8 Å². The summed E-state index contributed by atoms with van der Waals surface area (Å²) in [5.41, 5.74) is 0. The Kier molecular flexibility index (Phi) is 14.7. The molecule has 0 aliphatic carbocycles. The van der Waals surface area contributed by atoms with Crippen LogP contribution in [0.2, 0.25) is 0 Å². The van der Waals surface area contributed by atoms with E-state index in [0.29, 0.717) is 32.7 Å². The van der Waals surface area contributed by atoms with Gasteiger partial charge in [-0.2, -0.15) is 18.9 Å². The molecule has 9 saturated heterocycles. The zero-order valence-corrected chi connectivity index (χ0v) is 33.8. The Morgan fingerprint density at radius 1 is 0.618 bits per heavy atom. The predicted octanol–water partition coefficient (Wildman–Crippen LogP) is -0.368. The van der Waals surface area contributed by atoms with E-state index in [1.54, 1.807) is 35.5 Å². The minimum atomic E-state index is -3.47. The van der Waals surface area contributed by atoms with E-state index in [0.717, 1.165) is 31.9 Å². The number of carbonyl (C=O) groups excluding carboxylic acids is 3. The Bertz CT molecular complexity index is 1520. The molecule has 0 aromatic carbocycles. The van der Waals surface area contributed by atoms with Gasteiger partial charge in [-0.05, 0) is 59.3 Å². The average molecular weight is 801 g/mol. The standard InChI is InChI=1S/2C11H14N2O3.C11H17NO6S.CN.CH4.Na/c2*1-2-15-11(14)13-7-3-6(5-12)4-8(13)10-9(7)16-10;1-3-16-11(13)12-7-4-6(18-19(2,14)15)5-8(12)10-9(7)17-10;1-2;;/h2*6-10H,2-4H2,1H3;6-10H,3-5H2,1-2H3;;1H4;/q;;;-1;;+1/t3*6?,7?,8?,9-,10+;;;. The molecule has 0 radical (unpaired) electrons. The van der Waals surface area contributed by atoms with Crippen LogP contribution < -0.4 is 29.6 Å². The molecule has 9 fully saturated rings. The fraction of sp³-hybridized carbons (Fsp3) is 0.829. The third-order valence-electron chi connectivity index (χ3n) is 11.3. The van der Waals surface area contributed by atoms with Crippen LogP contribution in [0.3, 0.4) is 0 Å². The van der Waals surface area contributed by atoms with Gasteiger partial charge in [0.2, 0.25) is 0 Å². The molecule has 298 valence electrons.